The Bertz CT molecular complexity index is 660. The van der Waals surface area contributed by atoms with E-state index in [1.54, 1.807) is 5.38 Å². The van der Waals surface area contributed by atoms with Gasteiger partial charge >= 0.3 is 0 Å². The lowest BCUT2D eigenvalue weighted by molar-refractivity contribution is 0.0929. The summed E-state index contributed by atoms with van der Waals surface area (Å²) in [5, 5.41) is 5.02. The Morgan fingerprint density at radius 3 is 2.82 bits per heavy atom. The number of amides is 1. The summed E-state index contributed by atoms with van der Waals surface area (Å²) in [5.41, 5.74) is 6.00. The third-order valence-electron chi connectivity index (χ3n) is 3.18. The predicted molar refractivity (Wildman–Crippen MR) is 81.5 cm³/mol. The highest BCUT2D eigenvalue weighted by molar-refractivity contribution is 7.09. The molecule has 0 saturated carbocycles. The second-order valence-electron chi connectivity index (χ2n) is 4.81. The number of halogens is 2. The Hall–Kier alpha value is -1.86. The molecule has 1 aromatic heterocycles. The number of nitrogens with two attached hydrogens (primary N) is 1. The molecule has 1 unspecified atom stereocenters. The van der Waals surface area contributed by atoms with Crippen LogP contribution in [-0.4, -0.2) is 10.9 Å². The average Bonchev–Trinajstić information content (AvgIpc) is 2.96. The number of carbonyl (C=O) groups is 1. The molecule has 1 amide bonds. The van der Waals surface area contributed by atoms with Crippen LogP contribution in [0.3, 0.4) is 0 Å². The Kier molecular flexibility index (Phi) is 5.57. The zero-order valence-electron chi connectivity index (χ0n) is 12.1. The molecule has 0 spiro atoms. The van der Waals surface area contributed by atoms with Gasteiger partial charge < -0.3 is 11.1 Å². The maximum absolute atomic E-state index is 13.9. The van der Waals surface area contributed by atoms with E-state index in [2.05, 4.69) is 10.3 Å². The number of nitrogens with zero attached hydrogens (tertiary/aromatic N) is 1. The van der Waals surface area contributed by atoms with Crippen molar-refractivity contribution in [2.75, 3.05) is 0 Å². The first kappa shape index (κ1) is 16.5. The van der Waals surface area contributed by atoms with E-state index in [1.165, 1.54) is 23.5 Å². The van der Waals surface area contributed by atoms with Crippen molar-refractivity contribution in [3.63, 3.8) is 0 Å². The molecule has 0 aliphatic carbocycles. The maximum Gasteiger partial charge on any atom is 0.271 e. The molecule has 0 fully saturated rings. The Morgan fingerprint density at radius 2 is 2.23 bits per heavy atom. The molecule has 22 heavy (non-hydrogen) atoms. The van der Waals surface area contributed by atoms with Crippen molar-refractivity contribution in [1.82, 2.24) is 10.3 Å². The molecular weight excluding hydrogens is 308 g/mol. The number of nitrogens with one attached hydrogen (secondary N) is 1. The summed E-state index contributed by atoms with van der Waals surface area (Å²) in [6.07, 6.45) is 1.29. The molecule has 2 aromatic rings. The van der Waals surface area contributed by atoms with Crippen LogP contribution < -0.4 is 11.1 Å². The molecule has 1 atom stereocenters. The number of thiazole rings is 1. The number of carbonyl (C=O) groups excluding carboxylic acids is 1. The van der Waals surface area contributed by atoms with Gasteiger partial charge in [0.1, 0.15) is 22.3 Å². The van der Waals surface area contributed by atoms with Crippen LogP contribution >= 0.6 is 11.3 Å². The molecule has 0 aliphatic heterocycles. The number of benzene rings is 1. The minimum atomic E-state index is -0.667. The second kappa shape index (κ2) is 7.42. The van der Waals surface area contributed by atoms with Crippen LogP contribution in [0, 0.1) is 11.6 Å². The van der Waals surface area contributed by atoms with Crippen LogP contribution in [-0.2, 0) is 6.54 Å². The van der Waals surface area contributed by atoms with Crippen molar-refractivity contribution in [3.05, 3.63) is 51.5 Å². The van der Waals surface area contributed by atoms with Crippen molar-refractivity contribution in [3.8, 4) is 0 Å². The molecule has 118 valence electrons. The standard InChI is InChI=1S/C15H17F2N3OS/c1-2-3-12(10-5-4-9(16)6-11(10)17)20-15(21)13-8-22-14(7-18)19-13/h4-6,8,12H,2-3,7,18H2,1H3,(H,20,21). The molecule has 4 nitrogen and oxygen atoms in total. The third-order valence-corrected chi connectivity index (χ3v) is 4.05. The lowest BCUT2D eigenvalue weighted by Crippen LogP contribution is -2.29. The smallest absolute Gasteiger partial charge is 0.271 e. The van der Waals surface area contributed by atoms with Gasteiger partial charge in [-0.25, -0.2) is 13.8 Å². The van der Waals surface area contributed by atoms with Gasteiger partial charge in [-0.2, -0.15) is 0 Å². The van der Waals surface area contributed by atoms with Crippen molar-refractivity contribution in [2.45, 2.75) is 32.4 Å². The van der Waals surface area contributed by atoms with E-state index in [0.717, 1.165) is 12.5 Å². The minimum Gasteiger partial charge on any atom is -0.344 e. The van der Waals surface area contributed by atoms with E-state index >= 15 is 0 Å². The van der Waals surface area contributed by atoms with Gasteiger partial charge in [0, 0.05) is 23.6 Å². The van der Waals surface area contributed by atoms with Gasteiger partial charge in [-0.15, -0.1) is 11.3 Å². The first-order chi connectivity index (χ1) is 10.5. The monoisotopic (exact) mass is 325 g/mol. The van der Waals surface area contributed by atoms with Gasteiger partial charge in [-0.05, 0) is 12.5 Å². The Balaban J connectivity index is 2.19. The summed E-state index contributed by atoms with van der Waals surface area (Å²) in [7, 11) is 0. The fourth-order valence-corrected chi connectivity index (χ4v) is 2.77. The maximum atomic E-state index is 13.9. The molecule has 2 rings (SSSR count). The number of rotatable bonds is 6. The summed E-state index contributed by atoms with van der Waals surface area (Å²) in [4.78, 5) is 16.3. The summed E-state index contributed by atoms with van der Waals surface area (Å²) in [6.45, 7) is 2.19. The molecule has 1 heterocycles. The number of hydrogen-bond acceptors (Lipinski definition) is 4. The summed E-state index contributed by atoms with van der Waals surface area (Å²) in [5.74, 6) is -1.70. The zero-order valence-corrected chi connectivity index (χ0v) is 12.9. The van der Waals surface area contributed by atoms with Gasteiger partial charge in [0.05, 0.1) is 6.04 Å². The number of hydrogen-bond donors (Lipinski definition) is 2. The quantitative estimate of drug-likeness (QED) is 0.857. The summed E-state index contributed by atoms with van der Waals surface area (Å²) < 4.78 is 26.9. The molecule has 0 saturated heterocycles. The molecule has 7 heteroatoms. The van der Waals surface area contributed by atoms with Crippen LogP contribution in [0.5, 0.6) is 0 Å². The fourth-order valence-electron chi connectivity index (χ4n) is 2.12. The zero-order chi connectivity index (χ0) is 16.1. The molecular formula is C15H17F2N3OS. The van der Waals surface area contributed by atoms with Crippen LogP contribution in [0.4, 0.5) is 8.78 Å². The van der Waals surface area contributed by atoms with E-state index < -0.39 is 23.6 Å². The highest BCUT2D eigenvalue weighted by Crippen LogP contribution is 2.23. The van der Waals surface area contributed by atoms with Gasteiger partial charge in [-0.3, -0.25) is 4.79 Å². The van der Waals surface area contributed by atoms with E-state index in [4.69, 9.17) is 5.73 Å². The van der Waals surface area contributed by atoms with Gasteiger partial charge in [-0.1, -0.05) is 19.4 Å². The van der Waals surface area contributed by atoms with Crippen molar-refractivity contribution < 1.29 is 13.6 Å². The van der Waals surface area contributed by atoms with Gasteiger partial charge in [0.2, 0.25) is 0 Å². The lowest BCUT2D eigenvalue weighted by atomic mass is 10.0. The van der Waals surface area contributed by atoms with Crippen LogP contribution in [0.1, 0.15) is 46.9 Å². The Morgan fingerprint density at radius 1 is 1.45 bits per heavy atom. The topological polar surface area (TPSA) is 68.0 Å². The number of aromatic nitrogens is 1. The third kappa shape index (κ3) is 3.86. The molecule has 3 N–H and O–H groups in total. The fraction of sp³-hybridized carbons (Fsp3) is 0.333. The molecule has 0 bridgehead atoms. The molecule has 0 radical (unpaired) electrons. The molecule has 0 aliphatic rings. The van der Waals surface area contributed by atoms with Gasteiger partial charge in [0.15, 0.2) is 0 Å². The predicted octanol–water partition coefficient (Wildman–Crippen LogP) is 3.15. The first-order valence-corrected chi connectivity index (χ1v) is 7.83. The van der Waals surface area contributed by atoms with Crippen LogP contribution in [0.25, 0.3) is 0 Å². The average molecular weight is 325 g/mol. The van der Waals surface area contributed by atoms with Crippen LogP contribution in [0.2, 0.25) is 0 Å². The lowest BCUT2D eigenvalue weighted by Gasteiger charge is -2.18. The van der Waals surface area contributed by atoms with Crippen LogP contribution in [0.15, 0.2) is 23.6 Å². The van der Waals surface area contributed by atoms with Crippen molar-refractivity contribution >= 4 is 17.2 Å². The van der Waals surface area contributed by atoms with Crippen molar-refractivity contribution in [2.24, 2.45) is 5.73 Å². The van der Waals surface area contributed by atoms with Gasteiger partial charge in [0.25, 0.3) is 5.91 Å². The summed E-state index contributed by atoms with van der Waals surface area (Å²) in [6, 6.07) is 2.83. The SMILES string of the molecule is CCCC(NC(=O)c1csc(CN)n1)c1ccc(F)cc1F. The Labute approximate surface area is 131 Å². The second-order valence-corrected chi connectivity index (χ2v) is 5.75. The molecule has 1 aromatic carbocycles. The first-order valence-electron chi connectivity index (χ1n) is 6.95. The summed E-state index contributed by atoms with van der Waals surface area (Å²) >= 11 is 1.30. The van der Waals surface area contributed by atoms with E-state index in [9.17, 15) is 13.6 Å². The van der Waals surface area contributed by atoms with E-state index in [1.807, 2.05) is 6.92 Å². The van der Waals surface area contributed by atoms with E-state index in [-0.39, 0.29) is 17.8 Å². The largest absolute Gasteiger partial charge is 0.344 e. The normalized spacial score (nSPS) is 12.2. The van der Waals surface area contributed by atoms with Crippen molar-refractivity contribution in [1.29, 1.82) is 0 Å². The highest BCUT2D eigenvalue weighted by Gasteiger charge is 2.20. The van der Waals surface area contributed by atoms with E-state index in [0.29, 0.717) is 11.4 Å². The minimum absolute atomic E-state index is 0.258. The highest BCUT2D eigenvalue weighted by atomic mass is 32.1.